The summed E-state index contributed by atoms with van der Waals surface area (Å²) in [5.41, 5.74) is 6.32. The second-order valence-electron chi connectivity index (χ2n) is 9.47. The van der Waals surface area contributed by atoms with Gasteiger partial charge in [0.2, 0.25) is 0 Å². The Kier molecular flexibility index (Phi) is 10.5. The van der Waals surface area contributed by atoms with Gasteiger partial charge < -0.3 is 27.9 Å². The van der Waals surface area contributed by atoms with Crippen LogP contribution in [0.2, 0.25) is 5.02 Å². The van der Waals surface area contributed by atoms with E-state index in [0.29, 0.717) is 29.4 Å². The van der Waals surface area contributed by atoms with Crippen LogP contribution in [0.1, 0.15) is 54.0 Å². The van der Waals surface area contributed by atoms with Crippen molar-refractivity contribution in [1.29, 1.82) is 0 Å². The minimum absolute atomic E-state index is 0.0781. The van der Waals surface area contributed by atoms with Crippen molar-refractivity contribution in [1.82, 2.24) is 9.99 Å². The molecule has 0 unspecified atom stereocenters. The molecule has 10 nitrogen and oxygen atoms in total. The Hall–Kier alpha value is -4.70. The number of halogens is 1. The first-order valence-electron chi connectivity index (χ1n) is 13.8. The monoisotopic (exact) mass is 607 g/mol. The number of ether oxygens (including phenoxy) is 4. The van der Waals surface area contributed by atoms with E-state index in [1.54, 1.807) is 45.0 Å². The fraction of sp³-hybridized carbons (Fsp3) is 0.281. The van der Waals surface area contributed by atoms with E-state index in [1.165, 1.54) is 6.21 Å². The molecule has 0 saturated carbocycles. The first-order valence-corrected chi connectivity index (χ1v) is 14.2. The lowest BCUT2D eigenvalue weighted by Crippen LogP contribution is -2.26. The molecule has 0 aliphatic carbocycles. The Balaban J connectivity index is 1.33. The SMILES string of the molecule is CCOC(=O)[C@H](C)Oc1c(Cl)cc(/C=N/NC(=O)c2ccc(COc3ccc(-n4c(C)ccc4C)cc3)o2)cc1OCC. The number of amides is 1. The maximum Gasteiger partial charge on any atom is 0.347 e. The van der Waals surface area contributed by atoms with Gasteiger partial charge in [0.1, 0.15) is 18.1 Å². The highest BCUT2D eigenvalue weighted by Gasteiger charge is 2.21. The number of nitrogens with zero attached hydrogens (tertiary/aromatic N) is 2. The fourth-order valence-electron chi connectivity index (χ4n) is 4.24. The molecular weight excluding hydrogens is 574 g/mol. The number of benzene rings is 2. The van der Waals surface area contributed by atoms with E-state index < -0.39 is 18.0 Å². The molecule has 0 aliphatic heterocycles. The van der Waals surface area contributed by atoms with Gasteiger partial charge in [-0.25, -0.2) is 10.2 Å². The van der Waals surface area contributed by atoms with E-state index in [2.05, 4.69) is 41.1 Å². The maximum atomic E-state index is 12.6. The topological polar surface area (TPSA) is 114 Å². The van der Waals surface area contributed by atoms with E-state index in [4.69, 9.17) is 35.0 Å². The highest BCUT2D eigenvalue weighted by atomic mass is 35.5. The molecule has 2 aromatic heterocycles. The quantitative estimate of drug-likeness (QED) is 0.106. The van der Waals surface area contributed by atoms with Crippen LogP contribution in [0.5, 0.6) is 17.2 Å². The van der Waals surface area contributed by atoms with Crippen molar-refractivity contribution >= 4 is 29.7 Å². The Bertz CT molecular complexity index is 1570. The first kappa shape index (κ1) is 31.2. The van der Waals surface area contributed by atoms with Crippen molar-refractivity contribution < 1.29 is 33.0 Å². The van der Waals surface area contributed by atoms with Crippen molar-refractivity contribution in [3.8, 4) is 22.9 Å². The smallest absolute Gasteiger partial charge is 0.347 e. The Morgan fingerprint density at radius 1 is 1.00 bits per heavy atom. The number of hydrogen-bond acceptors (Lipinski definition) is 8. The lowest BCUT2D eigenvalue weighted by Gasteiger charge is -2.18. The molecule has 0 bridgehead atoms. The second kappa shape index (κ2) is 14.5. The molecule has 4 rings (SSSR count). The average Bonchev–Trinajstić information content (AvgIpc) is 3.60. The molecule has 4 aromatic rings. The Morgan fingerprint density at radius 3 is 2.40 bits per heavy atom. The first-order chi connectivity index (χ1) is 20.7. The van der Waals surface area contributed by atoms with Crippen LogP contribution >= 0.6 is 11.6 Å². The molecule has 11 heteroatoms. The van der Waals surface area contributed by atoms with Gasteiger partial charge in [0.25, 0.3) is 0 Å². The zero-order chi connectivity index (χ0) is 30.9. The summed E-state index contributed by atoms with van der Waals surface area (Å²) in [6, 6.07) is 18.3. The second-order valence-corrected chi connectivity index (χ2v) is 9.88. The van der Waals surface area contributed by atoms with E-state index in [0.717, 1.165) is 17.1 Å². The van der Waals surface area contributed by atoms with Crippen molar-refractivity contribution in [3.63, 3.8) is 0 Å². The van der Waals surface area contributed by atoms with Crippen molar-refractivity contribution in [2.75, 3.05) is 13.2 Å². The highest BCUT2D eigenvalue weighted by molar-refractivity contribution is 6.32. The zero-order valence-electron chi connectivity index (χ0n) is 24.7. The molecule has 0 fully saturated rings. The van der Waals surface area contributed by atoms with Gasteiger partial charge in [-0.1, -0.05) is 11.6 Å². The molecule has 43 heavy (non-hydrogen) atoms. The summed E-state index contributed by atoms with van der Waals surface area (Å²) in [5, 5.41) is 4.20. The zero-order valence-corrected chi connectivity index (χ0v) is 25.4. The minimum atomic E-state index is -0.886. The van der Waals surface area contributed by atoms with Crippen LogP contribution in [-0.2, 0) is 16.1 Å². The van der Waals surface area contributed by atoms with Gasteiger partial charge in [0, 0.05) is 17.1 Å². The number of furan rings is 1. The van der Waals surface area contributed by atoms with Crippen molar-refractivity contribution in [2.24, 2.45) is 5.10 Å². The van der Waals surface area contributed by atoms with Gasteiger partial charge in [-0.05, 0) is 101 Å². The van der Waals surface area contributed by atoms with Gasteiger partial charge in [-0.3, -0.25) is 4.79 Å². The van der Waals surface area contributed by atoms with Crippen LogP contribution in [0, 0.1) is 13.8 Å². The summed E-state index contributed by atoms with van der Waals surface area (Å²) >= 11 is 6.42. The summed E-state index contributed by atoms with van der Waals surface area (Å²) in [7, 11) is 0. The number of hydrazone groups is 1. The molecule has 0 saturated heterocycles. The molecule has 0 aliphatic rings. The van der Waals surface area contributed by atoms with E-state index >= 15 is 0 Å². The Labute approximate surface area is 255 Å². The number of carbonyl (C=O) groups is 2. The van der Waals surface area contributed by atoms with Crippen LogP contribution in [0.15, 0.2) is 70.2 Å². The highest BCUT2D eigenvalue weighted by Crippen LogP contribution is 2.37. The van der Waals surface area contributed by atoms with Gasteiger partial charge in [-0.2, -0.15) is 5.10 Å². The molecule has 1 atom stereocenters. The number of nitrogens with one attached hydrogen (secondary N) is 1. The molecule has 2 aromatic carbocycles. The number of rotatable bonds is 13. The predicted octanol–water partition coefficient (Wildman–Crippen LogP) is 6.41. The van der Waals surface area contributed by atoms with Gasteiger partial charge >= 0.3 is 11.9 Å². The minimum Gasteiger partial charge on any atom is -0.490 e. The Morgan fingerprint density at radius 2 is 1.72 bits per heavy atom. The lowest BCUT2D eigenvalue weighted by atomic mass is 10.2. The van der Waals surface area contributed by atoms with Crippen molar-refractivity contribution in [2.45, 2.75) is 47.3 Å². The normalized spacial score (nSPS) is 11.8. The summed E-state index contributed by atoms with van der Waals surface area (Å²) in [4.78, 5) is 24.6. The number of carbonyl (C=O) groups excluding carboxylic acids is 2. The van der Waals surface area contributed by atoms with E-state index in [-0.39, 0.29) is 29.7 Å². The molecule has 2 heterocycles. The summed E-state index contributed by atoms with van der Waals surface area (Å²) in [6.45, 7) is 9.92. The molecule has 0 spiro atoms. The number of hydrogen-bond donors (Lipinski definition) is 1. The van der Waals surface area contributed by atoms with Crippen LogP contribution in [0.25, 0.3) is 5.69 Å². The molecule has 1 N–H and O–H groups in total. The van der Waals surface area contributed by atoms with E-state index in [9.17, 15) is 9.59 Å². The number of aromatic nitrogens is 1. The molecule has 226 valence electrons. The molecular formula is C32H34ClN3O7. The summed E-state index contributed by atoms with van der Waals surface area (Å²) < 4.78 is 30.0. The summed E-state index contributed by atoms with van der Waals surface area (Å²) in [5.74, 6) is 0.704. The van der Waals surface area contributed by atoms with Crippen LogP contribution in [-0.4, -0.2) is 42.0 Å². The van der Waals surface area contributed by atoms with Crippen LogP contribution in [0.4, 0.5) is 0 Å². The van der Waals surface area contributed by atoms with Gasteiger partial charge in [0.15, 0.2) is 23.4 Å². The summed E-state index contributed by atoms with van der Waals surface area (Å²) in [6.07, 6.45) is 0.515. The van der Waals surface area contributed by atoms with Crippen LogP contribution < -0.4 is 19.6 Å². The van der Waals surface area contributed by atoms with Crippen molar-refractivity contribution in [3.05, 3.63) is 94.2 Å². The third kappa shape index (κ3) is 7.98. The largest absolute Gasteiger partial charge is 0.490 e. The average molecular weight is 608 g/mol. The van der Waals surface area contributed by atoms with Gasteiger partial charge in [-0.15, -0.1) is 0 Å². The number of aryl methyl sites for hydroxylation is 2. The standard InChI is InChI=1S/C32H34ClN3O7/c1-6-39-29-17-23(16-27(33)30(29)42-22(5)32(38)40-7-2)18-34-35-31(37)28-15-14-26(43-28)19-41-25-12-10-24(11-13-25)36-20(3)8-9-21(36)4/h8-18,22H,6-7,19H2,1-5H3,(H,35,37)/b34-18+/t22-/m0/s1. The van der Waals surface area contributed by atoms with Crippen LogP contribution in [0.3, 0.4) is 0 Å². The third-order valence-corrected chi connectivity index (χ3v) is 6.54. The lowest BCUT2D eigenvalue weighted by molar-refractivity contribution is -0.150. The van der Waals surface area contributed by atoms with E-state index in [1.807, 2.05) is 24.3 Å². The molecule has 0 radical (unpaired) electrons. The fourth-order valence-corrected chi connectivity index (χ4v) is 4.51. The molecule has 1 amide bonds. The predicted molar refractivity (Wildman–Crippen MR) is 163 cm³/mol. The number of esters is 1. The third-order valence-electron chi connectivity index (χ3n) is 6.26. The van der Waals surface area contributed by atoms with Gasteiger partial charge in [0.05, 0.1) is 24.5 Å². The maximum absolute atomic E-state index is 12.6.